The summed E-state index contributed by atoms with van der Waals surface area (Å²) in [4.78, 5) is 9.07. The molecule has 1 unspecified atom stereocenters. The monoisotopic (exact) mass is 445 g/mol. The largest absolute Gasteiger partial charge is 0.322 e. The van der Waals surface area contributed by atoms with Crippen molar-refractivity contribution in [2.75, 3.05) is 17.4 Å². The van der Waals surface area contributed by atoms with E-state index in [1.807, 2.05) is 10.6 Å². The van der Waals surface area contributed by atoms with Crippen molar-refractivity contribution in [2.24, 2.45) is 10.2 Å². The van der Waals surface area contributed by atoms with Crippen molar-refractivity contribution >= 4 is 45.4 Å². The highest BCUT2D eigenvalue weighted by Gasteiger charge is 2.45. The molecule has 1 atom stereocenters. The van der Waals surface area contributed by atoms with Crippen molar-refractivity contribution in [1.29, 1.82) is 0 Å². The highest BCUT2D eigenvalue weighted by molar-refractivity contribution is 7.82. The third kappa shape index (κ3) is 3.19. The summed E-state index contributed by atoms with van der Waals surface area (Å²) in [5.74, 6) is -0.126. The van der Waals surface area contributed by atoms with Crippen LogP contribution in [0.25, 0.3) is 11.0 Å². The minimum atomic E-state index is -1.78. The Labute approximate surface area is 179 Å². The molecule has 3 heterocycles. The summed E-state index contributed by atoms with van der Waals surface area (Å²) in [5, 5.41) is 14.5. The van der Waals surface area contributed by atoms with E-state index >= 15 is 4.39 Å². The Hall–Kier alpha value is -2.92. The quantitative estimate of drug-likeness (QED) is 0.640. The van der Waals surface area contributed by atoms with Gasteiger partial charge in [-0.2, -0.15) is 9.37 Å². The molecule has 1 aliphatic heterocycles. The van der Waals surface area contributed by atoms with Crippen molar-refractivity contribution in [1.82, 2.24) is 14.5 Å². The number of aromatic nitrogens is 3. The lowest BCUT2D eigenvalue weighted by molar-refractivity contribution is 0.263. The first-order valence-corrected chi connectivity index (χ1v) is 11.2. The van der Waals surface area contributed by atoms with E-state index in [1.54, 1.807) is 13.2 Å². The van der Waals surface area contributed by atoms with E-state index in [1.165, 1.54) is 17.1 Å². The van der Waals surface area contributed by atoms with E-state index in [-0.39, 0.29) is 16.5 Å². The summed E-state index contributed by atoms with van der Waals surface area (Å²) >= 11 is 0. The fourth-order valence-corrected chi connectivity index (χ4v) is 4.89. The van der Waals surface area contributed by atoms with E-state index < -0.39 is 28.3 Å². The van der Waals surface area contributed by atoms with Crippen LogP contribution in [0.4, 0.5) is 26.2 Å². The Balaban J connectivity index is 1.59. The third-order valence-corrected chi connectivity index (χ3v) is 6.72. The second-order valence-electron chi connectivity index (χ2n) is 7.88. The SMILES string of the molecule is CN1N=C(F)C2(CCCCC2)n2c1cc1cnc(Nc3ccc(S(N)=O)cc3F)nc12. The van der Waals surface area contributed by atoms with Crippen LogP contribution in [0.2, 0.25) is 0 Å². The predicted molar refractivity (Wildman–Crippen MR) is 116 cm³/mol. The number of hydrogen-bond acceptors (Lipinski definition) is 6. The summed E-state index contributed by atoms with van der Waals surface area (Å²) in [6.45, 7) is 0. The molecule has 8 nitrogen and oxygen atoms in total. The average Bonchev–Trinajstić information content (AvgIpc) is 3.14. The molecule has 1 saturated carbocycles. The maximum atomic E-state index is 15.2. The van der Waals surface area contributed by atoms with Crippen LogP contribution < -0.4 is 15.5 Å². The van der Waals surface area contributed by atoms with Crippen LogP contribution in [0.15, 0.2) is 40.5 Å². The van der Waals surface area contributed by atoms with Gasteiger partial charge in [-0.05, 0) is 37.1 Å². The molecule has 5 rings (SSSR count). The lowest BCUT2D eigenvalue weighted by atomic mass is 9.81. The first-order valence-electron chi connectivity index (χ1n) is 9.99. The molecule has 0 bridgehead atoms. The molecule has 3 N–H and O–H groups in total. The molecule has 0 saturated heterocycles. The first-order chi connectivity index (χ1) is 14.9. The molecule has 1 spiro atoms. The van der Waals surface area contributed by atoms with E-state index in [0.717, 1.165) is 36.5 Å². The molecular formula is C20H21F2N7OS. The highest BCUT2D eigenvalue weighted by atomic mass is 32.2. The Morgan fingerprint density at radius 1 is 1.19 bits per heavy atom. The molecule has 1 aromatic carbocycles. The standard InChI is InChI=1S/C20H21F2N7OS/c1-28-16-9-12-11-24-19(25-15-6-5-13(31(23)30)10-14(15)21)26-17(12)29(16)20(18(22)27-28)7-3-2-4-8-20/h5-6,9-11H,2-4,7-8,23H2,1H3,(H,24,25,26). The smallest absolute Gasteiger partial charge is 0.233 e. The van der Waals surface area contributed by atoms with Gasteiger partial charge < -0.3 is 5.32 Å². The summed E-state index contributed by atoms with van der Waals surface area (Å²) < 4.78 is 42.9. The van der Waals surface area contributed by atoms with Crippen LogP contribution in [0.1, 0.15) is 32.1 Å². The van der Waals surface area contributed by atoms with Gasteiger partial charge in [-0.3, -0.25) is 4.57 Å². The predicted octanol–water partition coefficient (Wildman–Crippen LogP) is 3.69. The van der Waals surface area contributed by atoms with Crippen molar-refractivity contribution in [3.8, 4) is 0 Å². The minimum Gasteiger partial charge on any atom is -0.322 e. The number of fused-ring (bicyclic) bond motifs is 4. The van der Waals surface area contributed by atoms with Gasteiger partial charge in [0.15, 0.2) is 0 Å². The van der Waals surface area contributed by atoms with Crippen LogP contribution in [0, 0.1) is 5.82 Å². The van der Waals surface area contributed by atoms with E-state index in [4.69, 9.17) is 5.14 Å². The van der Waals surface area contributed by atoms with Gasteiger partial charge in [0.25, 0.3) is 0 Å². The fraction of sp³-hybridized carbons (Fsp3) is 0.350. The molecule has 0 radical (unpaired) electrons. The zero-order valence-corrected chi connectivity index (χ0v) is 17.6. The van der Waals surface area contributed by atoms with E-state index in [9.17, 15) is 8.60 Å². The maximum absolute atomic E-state index is 15.2. The van der Waals surface area contributed by atoms with Gasteiger partial charge in [0.05, 0.1) is 10.6 Å². The molecule has 2 aliphatic rings. The Morgan fingerprint density at radius 2 is 1.97 bits per heavy atom. The van der Waals surface area contributed by atoms with Gasteiger partial charge in [-0.15, -0.1) is 5.10 Å². The van der Waals surface area contributed by atoms with Gasteiger partial charge in [-0.25, -0.2) is 23.7 Å². The van der Waals surface area contributed by atoms with Gasteiger partial charge >= 0.3 is 0 Å². The van der Waals surface area contributed by atoms with Crippen molar-refractivity contribution in [2.45, 2.75) is 42.5 Å². The number of rotatable bonds is 3. The number of hydrogen-bond donors (Lipinski definition) is 2. The molecule has 31 heavy (non-hydrogen) atoms. The Morgan fingerprint density at radius 3 is 2.68 bits per heavy atom. The van der Waals surface area contributed by atoms with Crippen molar-refractivity contribution < 1.29 is 13.0 Å². The maximum Gasteiger partial charge on any atom is 0.233 e. The lowest BCUT2D eigenvalue weighted by Gasteiger charge is -2.41. The van der Waals surface area contributed by atoms with Crippen LogP contribution in [-0.2, 0) is 16.5 Å². The number of nitrogens with one attached hydrogen (secondary N) is 1. The van der Waals surface area contributed by atoms with Crippen LogP contribution in [0.3, 0.4) is 0 Å². The van der Waals surface area contributed by atoms with Crippen LogP contribution in [-0.4, -0.2) is 31.8 Å². The zero-order chi connectivity index (χ0) is 21.8. The molecular weight excluding hydrogens is 424 g/mol. The molecule has 1 fully saturated rings. The Kier molecular flexibility index (Phi) is 4.74. The average molecular weight is 445 g/mol. The fourth-order valence-electron chi connectivity index (χ4n) is 4.47. The molecule has 3 aromatic rings. The Bertz CT molecular complexity index is 1240. The second kappa shape index (κ2) is 7.34. The molecule has 0 amide bonds. The topological polar surface area (TPSA) is 101 Å². The molecule has 2 aromatic heterocycles. The van der Waals surface area contributed by atoms with Gasteiger partial charge in [0, 0.05) is 18.6 Å². The van der Waals surface area contributed by atoms with Crippen molar-refractivity contribution in [3.63, 3.8) is 0 Å². The van der Waals surface area contributed by atoms with E-state index in [0.29, 0.717) is 18.5 Å². The normalized spacial score (nSPS) is 18.7. The number of nitrogens with two attached hydrogens (primary N) is 1. The van der Waals surface area contributed by atoms with E-state index in [2.05, 4.69) is 20.4 Å². The number of benzene rings is 1. The number of halogens is 2. The zero-order valence-electron chi connectivity index (χ0n) is 16.8. The van der Waals surface area contributed by atoms with Gasteiger partial charge in [-0.1, -0.05) is 19.3 Å². The first kappa shape index (κ1) is 20.0. The summed E-state index contributed by atoms with van der Waals surface area (Å²) in [7, 11) is -0.0766. The third-order valence-electron chi connectivity index (χ3n) is 6.00. The number of anilines is 3. The number of nitrogens with zero attached hydrogens (tertiary/aromatic N) is 5. The summed E-state index contributed by atoms with van der Waals surface area (Å²) in [6, 6.07) is 5.89. The van der Waals surface area contributed by atoms with Crippen molar-refractivity contribution in [3.05, 3.63) is 36.3 Å². The highest BCUT2D eigenvalue weighted by Crippen LogP contribution is 2.45. The van der Waals surface area contributed by atoms with Gasteiger partial charge in [0.2, 0.25) is 11.9 Å². The second-order valence-corrected chi connectivity index (χ2v) is 8.95. The summed E-state index contributed by atoms with van der Waals surface area (Å²) in [6.07, 6.45) is 5.78. The minimum absolute atomic E-state index is 0.121. The molecule has 1 aliphatic carbocycles. The lowest BCUT2D eigenvalue weighted by Crippen LogP contribution is -2.46. The summed E-state index contributed by atoms with van der Waals surface area (Å²) in [5.41, 5.74) is -0.173. The van der Waals surface area contributed by atoms with Gasteiger partial charge in [0.1, 0.15) is 33.8 Å². The molecule has 162 valence electrons. The number of hydrazone groups is 1. The molecule has 11 heteroatoms. The van der Waals surface area contributed by atoms with Crippen LogP contribution >= 0.6 is 0 Å². The van der Waals surface area contributed by atoms with Crippen LogP contribution in [0.5, 0.6) is 0 Å².